The molecule has 2 atom stereocenters. The van der Waals surface area contributed by atoms with Crippen LogP contribution < -0.4 is 4.90 Å². The van der Waals surface area contributed by atoms with Crippen molar-refractivity contribution in [2.24, 2.45) is 20.2 Å². The molecule has 1 aliphatic carbocycles. The Kier molecular flexibility index (Phi) is 8.47. The molecule has 0 saturated heterocycles. The van der Waals surface area contributed by atoms with Crippen LogP contribution in [-0.2, 0) is 6.67 Å². The van der Waals surface area contributed by atoms with Crippen molar-refractivity contribution in [1.29, 1.82) is 5.41 Å². The van der Waals surface area contributed by atoms with Gasteiger partial charge in [0, 0.05) is 61.5 Å². The molecule has 9 nitrogen and oxygen atoms in total. The Balaban J connectivity index is 1.11. The lowest BCUT2D eigenvalue weighted by Crippen LogP contribution is -2.28. The third kappa shape index (κ3) is 5.28. The molecule has 3 aromatic heterocycles. The van der Waals surface area contributed by atoms with Gasteiger partial charge in [-0.25, -0.2) is 9.98 Å². The van der Waals surface area contributed by atoms with Crippen LogP contribution in [0.1, 0.15) is 31.2 Å². The number of rotatable bonds is 8. The molecule has 0 saturated carbocycles. The second kappa shape index (κ2) is 14.3. The first-order valence-electron chi connectivity index (χ1n) is 20.5. The first kappa shape index (κ1) is 35.5. The molecular weight excluding hydrogens is 739 g/mol. The van der Waals surface area contributed by atoms with Gasteiger partial charge in [0.25, 0.3) is 0 Å². The zero-order valence-corrected chi connectivity index (χ0v) is 33.1. The number of hydrogen-bond acceptors (Lipinski definition) is 4. The lowest BCUT2D eigenvalue weighted by atomic mass is 9.88. The molecule has 0 radical (unpaired) electrons. The average molecular weight is 780 g/mol. The molecule has 60 heavy (non-hydrogen) atoms. The van der Waals surface area contributed by atoms with Gasteiger partial charge in [0.1, 0.15) is 13.0 Å². The zero-order valence-electron chi connectivity index (χ0n) is 33.1. The quantitative estimate of drug-likeness (QED) is 0.0928. The van der Waals surface area contributed by atoms with Gasteiger partial charge in [-0.2, -0.15) is 5.11 Å². The molecule has 1 N–H and O–H groups in total. The minimum atomic E-state index is 0.0826. The summed E-state index contributed by atoms with van der Waals surface area (Å²) in [5, 5.41) is 22.7. The van der Waals surface area contributed by atoms with Crippen LogP contribution in [0.25, 0.3) is 71.1 Å². The first-order chi connectivity index (χ1) is 29.7. The Morgan fingerprint density at radius 1 is 0.700 bits per heavy atom. The predicted octanol–water partition coefficient (Wildman–Crippen LogP) is 13.0. The standard InChI is InChI=1S/C51H41N9/c1-3-4-13-27-54-51(53-2)60-44-24-12-8-20-38(44)50-46(60)26-25-45-49(50)37-19-7-11-23-43(37)58(45)33-15-14-16-34(28-33)59-42-22-10-6-18-36(42)40-29-39-35-17-5-9-21-41(35)57(32-56-55-31-52)47(39)30-48(40)59/h5-31,37,43,52H,2-4,32H2,1H3/b27-13-,52-31?,54-51?,56-55?. The summed E-state index contributed by atoms with van der Waals surface area (Å²) in [6.45, 7) is 6.43. The molecular formula is C51H41N9. The van der Waals surface area contributed by atoms with E-state index in [2.05, 4.69) is 199 Å². The van der Waals surface area contributed by atoms with Crippen molar-refractivity contribution < 1.29 is 0 Å². The molecule has 4 heterocycles. The highest BCUT2D eigenvalue weighted by Gasteiger charge is 2.40. The van der Waals surface area contributed by atoms with Crippen LogP contribution in [-0.4, -0.2) is 38.8 Å². The summed E-state index contributed by atoms with van der Waals surface area (Å²) in [5.74, 6) is 0.692. The maximum absolute atomic E-state index is 7.42. The van der Waals surface area contributed by atoms with E-state index in [0.717, 1.165) is 63.7 Å². The lowest BCUT2D eigenvalue weighted by Gasteiger charge is -2.29. The van der Waals surface area contributed by atoms with E-state index in [9.17, 15) is 0 Å². The van der Waals surface area contributed by atoms with E-state index in [1.165, 1.54) is 43.6 Å². The van der Waals surface area contributed by atoms with Gasteiger partial charge in [-0.15, -0.1) is 5.11 Å². The van der Waals surface area contributed by atoms with Gasteiger partial charge in [-0.3, -0.25) is 9.98 Å². The smallest absolute Gasteiger partial charge is 0.233 e. The zero-order chi connectivity index (χ0) is 40.3. The molecule has 6 aromatic carbocycles. The van der Waals surface area contributed by atoms with Crippen molar-refractivity contribution in [3.05, 3.63) is 163 Å². The van der Waals surface area contributed by atoms with Crippen LogP contribution in [0.4, 0.5) is 11.4 Å². The molecule has 2 unspecified atom stereocenters. The molecule has 0 spiro atoms. The number of anilines is 2. The molecule has 2 aliphatic rings. The molecule has 0 amide bonds. The van der Waals surface area contributed by atoms with Crippen LogP contribution in [0.5, 0.6) is 0 Å². The van der Waals surface area contributed by atoms with Crippen LogP contribution in [0.2, 0.25) is 0 Å². The van der Waals surface area contributed by atoms with Gasteiger partial charge in [-0.05, 0) is 79.4 Å². The normalized spacial score (nSPS) is 16.6. The number of aliphatic imine (C=N–C) groups is 2. The third-order valence-electron chi connectivity index (χ3n) is 12.2. The summed E-state index contributed by atoms with van der Waals surface area (Å²) in [7, 11) is 0. The summed E-state index contributed by atoms with van der Waals surface area (Å²) < 4.78 is 6.75. The van der Waals surface area contributed by atoms with E-state index in [0.29, 0.717) is 12.6 Å². The van der Waals surface area contributed by atoms with Crippen molar-refractivity contribution >= 4 is 95.8 Å². The van der Waals surface area contributed by atoms with Gasteiger partial charge in [0.2, 0.25) is 5.96 Å². The molecule has 290 valence electrons. The van der Waals surface area contributed by atoms with Crippen molar-refractivity contribution in [1.82, 2.24) is 13.7 Å². The second-order valence-corrected chi connectivity index (χ2v) is 15.4. The first-order valence-corrected chi connectivity index (χ1v) is 20.5. The van der Waals surface area contributed by atoms with Gasteiger partial charge < -0.3 is 14.0 Å². The Bertz CT molecular complexity index is 3380. The van der Waals surface area contributed by atoms with Gasteiger partial charge in [0.05, 0.1) is 39.1 Å². The number of allylic oxidation sites excluding steroid dienone is 3. The predicted molar refractivity (Wildman–Crippen MR) is 250 cm³/mol. The number of aromatic nitrogens is 3. The van der Waals surface area contributed by atoms with Crippen LogP contribution in [0, 0.1) is 5.41 Å². The van der Waals surface area contributed by atoms with Crippen LogP contribution in [0.15, 0.2) is 178 Å². The van der Waals surface area contributed by atoms with Gasteiger partial charge in [0.15, 0.2) is 0 Å². The number of para-hydroxylation sites is 3. The topological polar surface area (TPSA) is 91.3 Å². The Labute approximate surface area is 346 Å². The van der Waals surface area contributed by atoms with Crippen molar-refractivity contribution in [3.63, 3.8) is 0 Å². The fourth-order valence-electron chi connectivity index (χ4n) is 9.81. The highest BCUT2D eigenvalue weighted by Crippen LogP contribution is 2.52. The Morgan fingerprint density at radius 2 is 1.43 bits per heavy atom. The molecule has 0 fully saturated rings. The Morgan fingerprint density at radius 3 is 2.25 bits per heavy atom. The molecule has 1 aliphatic heterocycles. The Hall–Kier alpha value is -7.65. The number of unbranched alkanes of at least 4 members (excludes halogenated alkanes) is 1. The van der Waals surface area contributed by atoms with Crippen LogP contribution >= 0.6 is 0 Å². The summed E-state index contributed by atoms with van der Waals surface area (Å²) in [4.78, 5) is 11.8. The van der Waals surface area contributed by atoms with E-state index in [1.807, 2.05) is 6.20 Å². The van der Waals surface area contributed by atoms with E-state index < -0.39 is 0 Å². The summed E-state index contributed by atoms with van der Waals surface area (Å²) >= 11 is 0. The highest BCUT2D eigenvalue weighted by molar-refractivity contribution is 6.19. The number of nitrogens with one attached hydrogen (secondary N) is 1. The summed E-state index contributed by atoms with van der Waals surface area (Å²) in [6, 6.07) is 43.9. The van der Waals surface area contributed by atoms with E-state index in [4.69, 9.17) is 10.4 Å². The largest absolute Gasteiger partial charge is 0.333 e. The van der Waals surface area contributed by atoms with Gasteiger partial charge >= 0.3 is 0 Å². The second-order valence-electron chi connectivity index (χ2n) is 15.4. The van der Waals surface area contributed by atoms with Gasteiger partial charge in [-0.1, -0.05) is 104 Å². The van der Waals surface area contributed by atoms with Crippen molar-refractivity contribution in [2.75, 3.05) is 4.90 Å². The minimum Gasteiger partial charge on any atom is -0.333 e. The van der Waals surface area contributed by atoms with E-state index in [1.54, 1.807) is 0 Å². The highest BCUT2D eigenvalue weighted by atomic mass is 15.2. The number of hydrogen-bond donors (Lipinski definition) is 1. The minimum absolute atomic E-state index is 0.0826. The SMILES string of the molecule is C=NC(=N/C=C\CCC)n1c2ccccc2c2c3c(ccc21)N(c1cccc(-n2c4ccccc4c4cc5c6ccccc6n(CN=NC=N)c5cc42)c1)C1C=CC=CC31. The lowest BCUT2D eigenvalue weighted by molar-refractivity contribution is 0.747. The van der Waals surface area contributed by atoms with Crippen LogP contribution in [0.3, 0.4) is 0 Å². The number of fused-ring (bicyclic) bond motifs is 13. The van der Waals surface area contributed by atoms with E-state index >= 15 is 0 Å². The number of benzene rings is 6. The molecule has 9 aromatic rings. The number of nitrogens with zero attached hydrogens (tertiary/aromatic N) is 8. The maximum atomic E-state index is 7.42. The fourth-order valence-corrected chi connectivity index (χ4v) is 9.81. The molecule has 0 bridgehead atoms. The van der Waals surface area contributed by atoms with E-state index in [-0.39, 0.29) is 12.0 Å². The molecule has 11 rings (SSSR count). The average Bonchev–Trinajstić information content (AvgIpc) is 4.01. The third-order valence-corrected chi connectivity index (χ3v) is 12.2. The maximum Gasteiger partial charge on any atom is 0.233 e. The fraction of sp³-hybridized carbons (Fsp3) is 0.118. The summed E-state index contributed by atoms with van der Waals surface area (Å²) in [5.41, 5.74) is 11.2. The van der Waals surface area contributed by atoms with Crippen molar-refractivity contribution in [3.8, 4) is 5.69 Å². The van der Waals surface area contributed by atoms with Crippen molar-refractivity contribution in [2.45, 2.75) is 38.4 Å². The molecule has 9 heteroatoms. The number of azo groups is 1. The summed E-state index contributed by atoms with van der Waals surface area (Å²) in [6.07, 6.45) is 16.0. The monoisotopic (exact) mass is 779 g/mol.